The number of carbonyl (C=O) groups excluding carboxylic acids is 2. The van der Waals surface area contributed by atoms with Gasteiger partial charge in [0.15, 0.2) is 12.4 Å². The molecule has 0 radical (unpaired) electrons. The molecule has 0 saturated carbocycles. The van der Waals surface area contributed by atoms with E-state index in [1.54, 1.807) is 25.2 Å². The van der Waals surface area contributed by atoms with Crippen LogP contribution in [0.2, 0.25) is 0 Å². The number of nitrogens with two attached hydrogens (primary N) is 1. The molecule has 4 N–H and O–H groups in total. The quantitative estimate of drug-likeness (QED) is 0.632. The Labute approximate surface area is 117 Å². The lowest BCUT2D eigenvalue weighted by Crippen LogP contribution is -2.19. The van der Waals surface area contributed by atoms with Crippen molar-refractivity contribution in [2.24, 2.45) is 5.73 Å². The zero-order valence-electron chi connectivity index (χ0n) is 11.2. The number of hydrogen-bond acceptors (Lipinski definition) is 5. The Balaban J connectivity index is 2.00. The first-order chi connectivity index (χ1) is 9.61. The summed E-state index contributed by atoms with van der Waals surface area (Å²) < 4.78 is 5.48. The average molecular weight is 275 g/mol. The molecule has 1 aromatic rings. The van der Waals surface area contributed by atoms with E-state index in [1.807, 2.05) is 0 Å². The molecule has 1 aliphatic heterocycles. The van der Waals surface area contributed by atoms with Gasteiger partial charge in [-0.05, 0) is 19.2 Å². The highest BCUT2D eigenvalue weighted by molar-refractivity contribution is 5.99. The number of rotatable bonds is 6. The lowest BCUT2D eigenvalue weighted by Gasteiger charge is -2.08. The molecule has 0 atom stereocenters. The molecule has 0 aromatic heterocycles. The number of benzene rings is 1. The Kier molecular flexibility index (Phi) is 4.37. The molecule has 0 spiro atoms. The number of nitrogens with one attached hydrogen (secondary N) is 2. The smallest absolute Gasteiger partial charge is 0.252 e. The highest BCUT2D eigenvalue weighted by Crippen LogP contribution is 2.26. The summed E-state index contributed by atoms with van der Waals surface area (Å²) in [5.74, 6) is 0.220. The Hall–Kier alpha value is -2.34. The molecule has 20 heavy (non-hydrogen) atoms. The third-order valence-electron chi connectivity index (χ3n) is 2.90. The van der Waals surface area contributed by atoms with E-state index in [4.69, 9.17) is 10.5 Å². The van der Waals surface area contributed by atoms with Gasteiger partial charge in [0.1, 0.15) is 5.75 Å². The number of ether oxygens (including phenoxy) is 1. The molecular weight excluding hydrogens is 258 g/mol. The summed E-state index contributed by atoms with van der Waals surface area (Å²) in [4.78, 5) is 23.2. The average Bonchev–Trinajstić information content (AvgIpc) is 2.79. The van der Waals surface area contributed by atoms with Crippen molar-refractivity contribution in [3.63, 3.8) is 0 Å². The first kappa shape index (κ1) is 14.1. The van der Waals surface area contributed by atoms with Crippen molar-refractivity contribution in [1.82, 2.24) is 10.6 Å². The predicted molar refractivity (Wildman–Crippen MR) is 74.3 cm³/mol. The molecule has 1 amide bonds. The van der Waals surface area contributed by atoms with Crippen LogP contribution >= 0.6 is 0 Å². The molecule has 6 nitrogen and oxygen atoms in total. The van der Waals surface area contributed by atoms with Crippen molar-refractivity contribution in [2.45, 2.75) is 6.54 Å². The van der Waals surface area contributed by atoms with Crippen molar-refractivity contribution in [3.8, 4) is 5.75 Å². The predicted octanol–water partition coefficient (Wildman–Crippen LogP) is -0.0601. The second-order valence-corrected chi connectivity index (χ2v) is 4.47. The number of likely N-dealkylation sites (N-methyl/N-ethyl adjacent to an activating group) is 1. The van der Waals surface area contributed by atoms with E-state index in [-0.39, 0.29) is 18.3 Å². The van der Waals surface area contributed by atoms with Crippen LogP contribution in [0.25, 0.3) is 0 Å². The fourth-order valence-electron chi connectivity index (χ4n) is 2.01. The van der Waals surface area contributed by atoms with Crippen LogP contribution in [0, 0.1) is 0 Å². The normalized spacial score (nSPS) is 13.8. The second kappa shape index (κ2) is 6.21. The topological polar surface area (TPSA) is 93.4 Å². The fourth-order valence-corrected chi connectivity index (χ4v) is 2.01. The molecule has 0 saturated heterocycles. The fraction of sp³-hybridized carbons (Fsp3) is 0.286. The van der Waals surface area contributed by atoms with Gasteiger partial charge in [0.25, 0.3) is 5.91 Å². The number of carbonyl (C=O) groups is 2. The van der Waals surface area contributed by atoms with Gasteiger partial charge in [-0.3, -0.25) is 9.59 Å². The molecule has 2 rings (SSSR count). The molecular formula is C14H17N3O3. The maximum atomic E-state index is 11.7. The van der Waals surface area contributed by atoms with Crippen molar-refractivity contribution in [3.05, 3.63) is 41.1 Å². The van der Waals surface area contributed by atoms with Crippen LogP contribution in [0.4, 0.5) is 0 Å². The maximum Gasteiger partial charge on any atom is 0.252 e. The lowest BCUT2D eigenvalue weighted by atomic mass is 10.1. The van der Waals surface area contributed by atoms with Gasteiger partial charge in [0.05, 0.1) is 0 Å². The second-order valence-electron chi connectivity index (χ2n) is 4.47. The minimum absolute atomic E-state index is 0.102. The van der Waals surface area contributed by atoms with Crippen molar-refractivity contribution >= 4 is 11.7 Å². The zero-order valence-corrected chi connectivity index (χ0v) is 11.2. The van der Waals surface area contributed by atoms with Crippen LogP contribution < -0.4 is 21.1 Å². The van der Waals surface area contributed by atoms with Crippen LogP contribution in [0.15, 0.2) is 30.0 Å². The summed E-state index contributed by atoms with van der Waals surface area (Å²) in [5, 5.41) is 5.57. The van der Waals surface area contributed by atoms with E-state index in [0.717, 1.165) is 5.56 Å². The summed E-state index contributed by atoms with van der Waals surface area (Å²) in [6.45, 7) is 0.774. The number of fused-ring (bicyclic) bond motifs is 1. The first-order valence-electron chi connectivity index (χ1n) is 6.28. The number of ketones is 1. The monoisotopic (exact) mass is 275 g/mol. The molecule has 6 heteroatoms. The van der Waals surface area contributed by atoms with Gasteiger partial charge in [-0.1, -0.05) is 6.07 Å². The van der Waals surface area contributed by atoms with E-state index in [1.165, 1.54) is 6.08 Å². The summed E-state index contributed by atoms with van der Waals surface area (Å²) in [5.41, 5.74) is 7.47. The summed E-state index contributed by atoms with van der Waals surface area (Å²) in [7, 11) is 1.75. The first-order valence-corrected chi connectivity index (χ1v) is 6.28. The maximum absolute atomic E-state index is 11.7. The van der Waals surface area contributed by atoms with Gasteiger partial charge < -0.3 is 21.1 Å². The highest BCUT2D eigenvalue weighted by Gasteiger charge is 2.22. The van der Waals surface area contributed by atoms with Crippen LogP contribution in [0.5, 0.6) is 5.75 Å². The van der Waals surface area contributed by atoms with Gasteiger partial charge in [-0.25, -0.2) is 0 Å². The Morgan fingerprint density at radius 2 is 2.35 bits per heavy atom. The number of amides is 1. The SMILES string of the molecule is CNCC(N)=CC(=O)COc1cccc2c1CNC2=O. The minimum atomic E-state index is -0.215. The van der Waals surface area contributed by atoms with E-state index < -0.39 is 0 Å². The third-order valence-corrected chi connectivity index (χ3v) is 2.90. The zero-order chi connectivity index (χ0) is 14.5. The molecule has 1 aromatic carbocycles. The van der Waals surface area contributed by atoms with E-state index in [2.05, 4.69) is 10.6 Å². The highest BCUT2D eigenvalue weighted by atomic mass is 16.5. The third kappa shape index (κ3) is 3.16. The molecule has 1 aliphatic rings. The molecule has 0 unspecified atom stereocenters. The standard InChI is InChI=1S/C14H17N3O3/c1-16-6-9(15)5-10(18)8-20-13-4-2-3-11-12(13)7-17-14(11)19/h2-5,16H,6-8,15H2,1H3,(H,17,19). The van der Waals surface area contributed by atoms with Gasteiger partial charge in [0, 0.05) is 36.0 Å². The van der Waals surface area contributed by atoms with Crippen molar-refractivity contribution < 1.29 is 14.3 Å². The van der Waals surface area contributed by atoms with Gasteiger partial charge >= 0.3 is 0 Å². The minimum Gasteiger partial charge on any atom is -0.485 e. The van der Waals surface area contributed by atoms with E-state index >= 15 is 0 Å². The van der Waals surface area contributed by atoms with Crippen LogP contribution in [0.3, 0.4) is 0 Å². The lowest BCUT2D eigenvalue weighted by molar-refractivity contribution is -0.116. The molecule has 0 aliphatic carbocycles. The van der Waals surface area contributed by atoms with Crippen molar-refractivity contribution in [1.29, 1.82) is 0 Å². The Morgan fingerprint density at radius 3 is 3.10 bits per heavy atom. The van der Waals surface area contributed by atoms with Gasteiger partial charge in [-0.15, -0.1) is 0 Å². The summed E-state index contributed by atoms with van der Waals surface area (Å²) in [6, 6.07) is 5.21. The van der Waals surface area contributed by atoms with Crippen LogP contribution in [-0.4, -0.2) is 31.9 Å². The van der Waals surface area contributed by atoms with Crippen molar-refractivity contribution in [2.75, 3.05) is 20.2 Å². The van der Waals surface area contributed by atoms with E-state index in [0.29, 0.717) is 30.1 Å². The van der Waals surface area contributed by atoms with Gasteiger partial charge in [-0.2, -0.15) is 0 Å². The Morgan fingerprint density at radius 1 is 1.55 bits per heavy atom. The Bertz CT molecular complexity index is 567. The molecule has 0 fully saturated rings. The van der Waals surface area contributed by atoms with E-state index in [9.17, 15) is 9.59 Å². The number of hydrogen-bond donors (Lipinski definition) is 3. The van der Waals surface area contributed by atoms with Crippen LogP contribution in [-0.2, 0) is 11.3 Å². The van der Waals surface area contributed by atoms with Crippen LogP contribution in [0.1, 0.15) is 15.9 Å². The van der Waals surface area contributed by atoms with Gasteiger partial charge in [0.2, 0.25) is 0 Å². The molecule has 0 bridgehead atoms. The summed E-state index contributed by atoms with van der Waals surface area (Å²) >= 11 is 0. The largest absolute Gasteiger partial charge is 0.485 e. The molecule has 106 valence electrons. The molecule has 1 heterocycles. The summed E-state index contributed by atoms with van der Waals surface area (Å²) in [6.07, 6.45) is 1.35.